The first kappa shape index (κ1) is 7.53. The monoisotopic (exact) mass is 166 g/mol. The van der Waals surface area contributed by atoms with Gasteiger partial charge in [0, 0.05) is 5.57 Å². The molecular weight excluding hydrogens is 156 g/mol. The van der Waals surface area contributed by atoms with Gasteiger partial charge in [-0.2, -0.15) is 0 Å². The quantitative estimate of drug-likeness (QED) is 0.401. The van der Waals surface area contributed by atoms with Gasteiger partial charge in [-0.15, -0.1) is 0 Å². The summed E-state index contributed by atoms with van der Waals surface area (Å²) in [5.41, 5.74) is 1.25. The summed E-state index contributed by atoms with van der Waals surface area (Å²) in [6, 6.07) is 0. The Bertz CT molecular complexity index is 288. The van der Waals surface area contributed by atoms with Crippen molar-refractivity contribution in [1.82, 2.24) is 0 Å². The molecule has 0 radical (unpaired) electrons. The molecule has 3 nitrogen and oxygen atoms in total. The molecule has 0 bridgehead atoms. The second-order valence-corrected chi connectivity index (χ2v) is 3.36. The van der Waals surface area contributed by atoms with E-state index in [0.717, 1.165) is 12.8 Å². The maximum Gasteiger partial charge on any atom is 0.342 e. The summed E-state index contributed by atoms with van der Waals surface area (Å²) in [5, 5.41) is 0. The van der Waals surface area contributed by atoms with Crippen LogP contribution in [0.4, 0.5) is 0 Å². The number of esters is 2. The maximum absolute atomic E-state index is 11.1. The maximum atomic E-state index is 11.1. The zero-order valence-electron chi connectivity index (χ0n) is 6.92. The van der Waals surface area contributed by atoms with Crippen molar-refractivity contribution < 1.29 is 14.3 Å². The molecule has 0 spiro atoms. The van der Waals surface area contributed by atoms with Crippen molar-refractivity contribution in [3.05, 3.63) is 11.1 Å². The van der Waals surface area contributed by atoms with Crippen LogP contribution in [0.15, 0.2) is 11.1 Å². The molecule has 0 saturated carbocycles. The lowest BCUT2D eigenvalue weighted by molar-refractivity contribution is -0.151. The van der Waals surface area contributed by atoms with Gasteiger partial charge >= 0.3 is 11.9 Å². The lowest BCUT2D eigenvalue weighted by Crippen LogP contribution is -2.11. The van der Waals surface area contributed by atoms with Crippen LogP contribution in [0.2, 0.25) is 0 Å². The summed E-state index contributed by atoms with van der Waals surface area (Å²) in [7, 11) is 0. The molecule has 0 aromatic heterocycles. The summed E-state index contributed by atoms with van der Waals surface area (Å²) in [6.45, 7) is 1.97. The zero-order valence-corrected chi connectivity index (χ0v) is 6.92. The van der Waals surface area contributed by atoms with E-state index in [1.165, 1.54) is 0 Å². The van der Waals surface area contributed by atoms with E-state index < -0.39 is 11.9 Å². The standard InChI is InChI=1S/C9H10O3/c1-5-3-2-4-6-7(5)9(11)12-8(6)10/h5H,2-4H2,1H3/t5-/m1/s1. The highest BCUT2D eigenvalue weighted by Gasteiger charge is 2.37. The van der Waals surface area contributed by atoms with E-state index >= 15 is 0 Å². The van der Waals surface area contributed by atoms with Crippen LogP contribution >= 0.6 is 0 Å². The number of carbonyl (C=O) groups excluding carboxylic acids is 2. The molecule has 0 saturated heterocycles. The molecule has 1 atom stereocenters. The summed E-state index contributed by atoms with van der Waals surface area (Å²) in [5.74, 6) is -0.628. The van der Waals surface area contributed by atoms with Gasteiger partial charge in [0.25, 0.3) is 0 Å². The molecule has 0 unspecified atom stereocenters. The van der Waals surface area contributed by atoms with E-state index in [1.54, 1.807) is 0 Å². The first-order valence-electron chi connectivity index (χ1n) is 4.19. The fraction of sp³-hybridized carbons (Fsp3) is 0.556. The number of hydrogen-bond donors (Lipinski definition) is 0. The van der Waals surface area contributed by atoms with Gasteiger partial charge in [-0.25, -0.2) is 9.59 Å². The Hall–Kier alpha value is -1.12. The smallest absolute Gasteiger partial charge is 0.342 e. The van der Waals surface area contributed by atoms with Crippen LogP contribution in [-0.2, 0) is 14.3 Å². The predicted molar refractivity (Wildman–Crippen MR) is 41.1 cm³/mol. The molecule has 0 aromatic rings. The molecule has 3 heteroatoms. The molecule has 0 N–H and O–H groups in total. The summed E-state index contributed by atoms with van der Waals surface area (Å²) < 4.78 is 4.53. The highest BCUT2D eigenvalue weighted by molar-refractivity contribution is 6.12. The molecule has 12 heavy (non-hydrogen) atoms. The Kier molecular flexibility index (Phi) is 1.53. The fourth-order valence-electron chi connectivity index (χ4n) is 1.90. The molecule has 1 heterocycles. The van der Waals surface area contributed by atoms with Crippen molar-refractivity contribution in [3.63, 3.8) is 0 Å². The minimum atomic E-state index is -0.415. The molecule has 64 valence electrons. The van der Waals surface area contributed by atoms with Gasteiger partial charge in [0.05, 0.1) is 5.57 Å². The largest absolute Gasteiger partial charge is 0.386 e. The first-order valence-corrected chi connectivity index (χ1v) is 4.19. The third kappa shape index (κ3) is 0.891. The van der Waals surface area contributed by atoms with E-state index in [1.807, 2.05) is 6.92 Å². The Morgan fingerprint density at radius 3 is 2.75 bits per heavy atom. The van der Waals surface area contributed by atoms with Crippen LogP contribution in [0.3, 0.4) is 0 Å². The topological polar surface area (TPSA) is 43.4 Å². The average Bonchev–Trinajstić information content (AvgIpc) is 2.29. The van der Waals surface area contributed by atoms with Crippen LogP contribution in [0.5, 0.6) is 0 Å². The van der Waals surface area contributed by atoms with E-state index in [-0.39, 0.29) is 5.92 Å². The van der Waals surface area contributed by atoms with Gasteiger partial charge in [0.2, 0.25) is 0 Å². The van der Waals surface area contributed by atoms with Crippen molar-refractivity contribution in [1.29, 1.82) is 0 Å². The summed E-state index contributed by atoms with van der Waals surface area (Å²) >= 11 is 0. The normalized spacial score (nSPS) is 28.9. The van der Waals surface area contributed by atoms with Crippen LogP contribution < -0.4 is 0 Å². The van der Waals surface area contributed by atoms with E-state index in [4.69, 9.17) is 0 Å². The van der Waals surface area contributed by atoms with Crippen molar-refractivity contribution in [2.75, 3.05) is 0 Å². The molecule has 2 aliphatic rings. The van der Waals surface area contributed by atoms with E-state index in [2.05, 4.69) is 4.74 Å². The zero-order chi connectivity index (χ0) is 8.72. The number of carbonyl (C=O) groups is 2. The molecule has 0 aromatic carbocycles. The lowest BCUT2D eigenvalue weighted by Gasteiger charge is -2.16. The van der Waals surface area contributed by atoms with E-state index in [9.17, 15) is 9.59 Å². The van der Waals surface area contributed by atoms with Crippen molar-refractivity contribution in [3.8, 4) is 0 Å². The average molecular weight is 166 g/mol. The predicted octanol–water partition coefficient (Wildman–Crippen LogP) is 1.19. The molecule has 1 aliphatic carbocycles. The number of hydrogen-bond acceptors (Lipinski definition) is 3. The van der Waals surface area contributed by atoms with Gasteiger partial charge in [-0.1, -0.05) is 6.92 Å². The Balaban J connectivity index is 2.44. The summed E-state index contributed by atoms with van der Waals surface area (Å²) in [6.07, 6.45) is 2.69. The molecule has 2 rings (SSSR count). The number of ether oxygens (including phenoxy) is 1. The van der Waals surface area contributed by atoms with Crippen LogP contribution in [0.25, 0.3) is 0 Å². The fourth-order valence-corrected chi connectivity index (χ4v) is 1.90. The molecule has 0 amide bonds. The second-order valence-electron chi connectivity index (χ2n) is 3.36. The van der Waals surface area contributed by atoms with Crippen LogP contribution in [0.1, 0.15) is 26.2 Å². The first-order chi connectivity index (χ1) is 5.70. The Labute approximate surface area is 70.4 Å². The molecule has 1 aliphatic heterocycles. The minimum Gasteiger partial charge on any atom is -0.386 e. The van der Waals surface area contributed by atoms with Gasteiger partial charge < -0.3 is 4.74 Å². The Morgan fingerprint density at radius 2 is 2.08 bits per heavy atom. The summed E-state index contributed by atoms with van der Waals surface area (Å²) in [4.78, 5) is 22.2. The molecule has 0 fully saturated rings. The Morgan fingerprint density at radius 1 is 1.33 bits per heavy atom. The van der Waals surface area contributed by atoms with Crippen molar-refractivity contribution in [2.45, 2.75) is 26.2 Å². The second kappa shape index (κ2) is 2.44. The van der Waals surface area contributed by atoms with Gasteiger partial charge in [-0.05, 0) is 25.2 Å². The van der Waals surface area contributed by atoms with Gasteiger partial charge in [-0.3, -0.25) is 0 Å². The highest BCUT2D eigenvalue weighted by Crippen LogP contribution is 2.35. The minimum absolute atomic E-state index is 0.202. The lowest BCUT2D eigenvalue weighted by atomic mass is 9.85. The van der Waals surface area contributed by atoms with Gasteiger partial charge in [0.15, 0.2) is 0 Å². The van der Waals surface area contributed by atoms with Crippen LogP contribution in [0, 0.1) is 5.92 Å². The third-order valence-electron chi connectivity index (χ3n) is 2.53. The van der Waals surface area contributed by atoms with Crippen molar-refractivity contribution in [2.24, 2.45) is 5.92 Å². The molecular formula is C9H10O3. The van der Waals surface area contributed by atoms with Crippen molar-refractivity contribution >= 4 is 11.9 Å². The van der Waals surface area contributed by atoms with Crippen LogP contribution in [-0.4, -0.2) is 11.9 Å². The SMILES string of the molecule is C[C@@H]1CCCC2=C1C(=O)OC2=O. The van der Waals surface area contributed by atoms with E-state index in [0.29, 0.717) is 17.6 Å². The third-order valence-corrected chi connectivity index (χ3v) is 2.53. The highest BCUT2D eigenvalue weighted by atomic mass is 16.6. The van der Waals surface area contributed by atoms with Gasteiger partial charge in [0.1, 0.15) is 0 Å². The number of cyclic esters (lactones) is 2. The number of rotatable bonds is 0.